The van der Waals surface area contributed by atoms with Crippen LogP contribution in [0.3, 0.4) is 0 Å². The number of benzene rings is 2. The average Bonchev–Trinajstić information content (AvgIpc) is 3.28. The zero-order chi connectivity index (χ0) is 21.3. The molecule has 0 radical (unpaired) electrons. The van der Waals surface area contributed by atoms with Crippen LogP contribution in [0.2, 0.25) is 5.02 Å². The lowest BCUT2D eigenvalue weighted by molar-refractivity contribution is 0.0996. The monoisotopic (exact) mass is 419 g/mol. The molecule has 30 heavy (non-hydrogen) atoms. The van der Waals surface area contributed by atoms with Gasteiger partial charge in [-0.25, -0.2) is 4.68 Å². The Labute approximate surface area is 177 Å². The molecular weight excluding hydrogens is 402 g/mol. The first kappa shape index (κ1) is 19.7. The Balaban J connectivity index is 1.97. The van der Waals surface area contributed by atoms with Crippen LogP contribution in [0.5, 0.6) is 0 Å². The Morgan fingerprint density at radius 2 is 1.73 bits per heavy atom. The van der Waals surface area contributed by atoms with Gasteiger partial charge in [0.25, 0.3) is 5.91 Å². The molecule has 7 heteroatoms. The fourth-order valence-corrected chi connectivity index (χ4v) is 3.22. The fraction of sp³-hybridized carbons (Fsp3) is 0.0870. The standard InChI is InChI=1S/C23H18ClN3O3/c1-14-5-7-16(8-6-14)20-21(28)15(2)26-27(18-11-9-17(24)10-12-18)22(20)25-23(29)19-4-3-13-30-19/h3-13H,1-2H3,(H,25,29). The third-order valence-corrected chi connectivity index (χ3v) is 4.89. The number of carbonyl (C=O) groups excluding carboxylic acids is 1. The summed E-state index contributed by atoms with van der Waals surface area (Å²) in [5.41, 5.74) is 2.76. The van der Waals surface area contributed by atoms with Gasteiger partial charge in [-0.05, 0) is 55.8 Å². The lowest BCUT2D eigenvalue weighted by Crippen LogP contribution is -2.24. The number of anilines is 1. The van der Waals surface area contributed by atoms with Gasteiger partial charge < -0.3 is 9.73 Å². The maximum absolute atomic E-state index is 13.1. The molecule has 0 bridgehead atoms. The van der Waals surface area contributed by atoms with Crippen LogP contribution in [0.15, 0.2) is 76.1 Å². The van der Waals surface area contributed by atoms with Crippen molar-refractivity contribution in [2.24, 2.45) is 0 Å². The molecular formula is C23H18ClN3O3. The minimum Gasteiger partial charge on any atom is -0.459 e. The number of carbonyl (C=O) groups is 1. The van der Waals surface area contributed by atoms with Crippen LogP contribution in [0.4, 0.5) is 5.82 Å². The van der Waals surface area contributed by atoms with E-state index in [9.17, 15) is 9.59 Å². The molecule has 0 aliphatic carbocycles. The van der Waals surface area contributed by atoms with E-state index in [-0.39, 0.29) is 17.0 Å². The Morgan fingerprint density at radius 1 is 1.03 bits per heavy atom. The molecule has 0 atom stereocenters. The number of halogens is 1. The quantitative estimate of drug-likeness (QED) is 0.504. The number of hydrogen-bond acceptors (Lipinski definition) is 4. The summed E-state index contributed by atoms with van der Waals surface area (Å²) in [6.45, 7) is 3.61. The van der Waals surface area contributed by atoms with Gasteiger partial charge in [-0.3, -0.25) is 9.59 Å². The predicted molar refractivity (Wildman–Crippen MR) is 116 cm³/mol. The minimum absolute atomic E-state index is 0.125. The first-order chi connectivity index (χ1) is 14.4. The first-order valence-corrected chi connectivity index (χ1v) is 9.63. The number of aryl methyl sites for hydroxylation is 2. The second-order valence-electron chi connectivity index (χ2n) is 6.82. The maximum atomic E-state index is 13.1. The van der Waals surface area contributed by atoms with Gasteiger partial charge in [-0.1, -0.05) is 41.4 Å². The van der Waals surface area contributed by atoms with Gasteiger partial charge in [-0.15, -0.1) is 0 Å². The van der Waals surface area contributed by atoms with Gasteiger partial charge in [-0.2, -0.15) is 5.10 Å². The van der Waals surface area contributed by atoms with E-state index in [1.165, 1.54) is 10.9 Å². The number of amides is 1. The third-order valence-electron chi connectivity index (χ3n) is 4.64. The molecule has 2 heterocycles. The zero-order valence-electron chi connectivity index (χ0n) is 16.3. The molecule has 150 valence electrons. The molecule has 2 aromatic carbocycles. The van der Waals surface area contributed by atoms with Gasteiger partial charge in [0.2, 0.25) is 5.43 Å². The highest BCUT2D eigenvalue weighted by Crippen LogP contribution is 2.28. The Kier molecular flexibility index (Phi) is 5.25. The molecule has 0 saturated heterocycles. The summed E-state index contributed by atoms with van der Waals surface area (Å²) in [5, 5.41) is 7.80. The molecule has 4 aromatic rings. The molecule has 1 N–H and O–H groups in total. The van der Waals surface area contributed by atoms with Crippen LogP contribution in [0.1, 0.15) is 21.8 Å². The van der Waals surface area contributed by atoms with Gasteiger partial charge in [0.1, 0.15) is 11.5 Å². The third kappa shape index (κ3) is 3.77. The van der Waals surface area contributed by atoms with Crippen molar-refractivity contribution in [3.05, 3.63) is 99.2 Å². The van der Waals surface area contributed by atoms with Crippen molar-refractivity contribution in [1.29, 1.82) is 0 Å². The normalized spacial score (nSPS) is 10.8. The zero-order valence-corrected chi connectivity index (χ0v) is 17.1. The van der Waals surface area contributed by atoms with Crippen molar-refractivity contribution < 1.29 is 9.21 Å². The largest absolute Gasteiger partial charge is 0.459 e. The number of nitrogens with one attached hydrogen (secondary N) is 1. The van der Waals surface area contributed by atoms with Gasteiger partial charge in [0.05, 0.1) is 17.5 Å². The van der Waals surface area contributed by atoms with E-state index in [0.29, 0.717) is 27.5 Å². The molecule has 4 rings (SSSR count). The van der Waals surface area contributed by atoms with Gasteiger partial charge in [0.15, 0.2) is 5.76 Å². The highest BCUT2D eigenvalue weighted by molar-refractivity contribution is 6.30. The van der Waals surface area contributed by atoms with E-state index in [2.05, 4.69) is 10.4 Å². The molecule has 0 aliphatic heterocycles. The number of aromatic nitrogens is 2. The summed E-state index contributed by atoms with van der Waals surface area (Å²) in [4.78, 5) is 25.9. The van der Waals surface area contributed by atoms with E-state index < -0.39 is 5.91 Å². The van der Waals surface area contributed by atoms with Crippen molar-refractivity contribution in [2.45, 2.75) is 13.8 Å². The van der Waals surface area contributed by atoms with E-state index in [1.54, 1.807) is 43.3 Å². The Morgan fingerprint density at radius 3 is 2.37 bits per heavy atom. The van der Waals surface area contributed by atoms with Crippen LogP contribution in [0.25, 0.3) is 16.8 Å². The summed E-state index contributed by atoms with van der Waals surface area (Å²) in [7, 11) is 0. The van der Waals surface area contributed by atoms with Gasteiger partial charge in [0, 0.05) is 5.02 Å². The summed E-state index contributed by atoms with van der Waals surface area (Å²) in [6.07, 6.45) is 1.41. The van der Waals surface area contributed by atoms with Crippen molar-refractivity contribution in [3.63, 3.8) is 0 Å². The molecule has 0 spiro atoms. The topological polar surface area (TPSA) is 77.1 Å². The molecule has 0 saturated carbocycles. The van der Waals surface area contributed by atoms with Crippen molar-refractivity contribution in [1.82, 2.24) is 9.78 Å². The van der Waals surface area contributed by atoms with E-state index in [4.69, 9.17) is 16.0 Å². The highest BCUT2D eigenvalue weighted by atomic mass is 35.5. The fourth-order valence-electron chi connectivity index (χ4n) is 3.09. The summed E-state index contributed by atoms with van der Waals surface area (Å²) in [6, 6.07) is 17.7. The van der Waals surface area contributed by atoms with Crippen molar-refractivity contribution in [2.75, 3.05) is 5.32 Å². The number of nitrogens with zero attached hydrogens (tertiary/aromatic N) is 2. The summed E-state index contributed by atoms with van der Waals surface area (Å²) in [5.74, 6) is -0.111. The van der Waals surface area contributed by atoms with Crippen LogP contribution >= 0.6 is 11.6 Å². The number of furan rings is 1. The predicted octanol–water partition coefficient (Wildman–Crippen LogP) is 5.02. The van der Waals surface area contributed by atoms with E-state index in [0.717, 1.165) is 5.56 Å². The molecule has 0 fully saturated rings. The smallest absolute Gasteiger partial charge is 0.292 e. The molecule has 0 unspecified atom stereocenters. The molecule has 0 aliphatic rings. The Hall–Kier alpha value is -3.64. The summed E-state index contributed by atoms with van der Waals surface area (Å²) < 4.78 is 6.74. The molecule has 6 nitrogen and oxygen atoms in total. The average molecular weight is 420 g/mol. The van der Waals surface area contributed by atoms with Crippen LogP contribution in [-0.4, -0.2) is 15.7 Å². The van der Waals surface area contributed by atoms with Crippen molar-refractivity contribution in [3.8, 4) is 16.8 Å². The van der Waals surface area contributed by atoms with Crippen LogP contribution < -0.4 is 10.7 Å². The number of hydrogen-bond donors (Lipinski definition) is 1. The first-order valence-electron chi connectivity index (χ1n) is 9.26. The van der Waals surface area contributed by atoms with Crippen LogP contribution in [0, 0.1) is 13.8 Å². The Bertz CT molecular complexity index is 1260. The van der Waals surface area contributed by atoms with Crippen molar-refractivity contribution >= 4 is 23.3 Å². The second kappa shape index (κ2) is 8.00. The summed E-state index contributed by atoms with van der Waals surface area (Å²) >= 11 is 6.03. The highest BCUT2D eigenvalue weighted by Gasteiger charge is 2.21. The second-order valence-corrected chi connectivity index (χ2v) is 7.26. The SMILES string of the molecule is Cc1ccc(-c2c(NC(=O)c3ccco3)n(-c3ccc(Cl)cc3)nc(C)c2=O)cc1. The lowest BCUT2D eigenvalue weighted by atomic mass is 10.0. The van der Waals surface area contributed by atoms with E-state index in [1.807, 2.05) is 31.2 Å². The molecule has 1 amide bonds. The van der Waals surface area contributed by atoms with E-state index >= 15 is 0 Å². The maximum Gasteiger partial charge on any atom is 0.292 e. The van der Waals surface area contributed by atoms with Gasteiger partial charge >= 0.3 is 0 Å². The molecule has 2 aromatic heterocycles. The number of rotatable bonds is 4. The van der Waals surface area contributed by atoms with Crippen LogP contribution in [-0.2, 0) is 0 Å². The minimum atomic E-state index is -0.485. The lowest BCUT2D eigenvalue weighted by Gasteiger charge is -2.18.